The summed E-state index contributed by atoms with van der Waals surface area (Å²) >= 11 is 12.3. The average Bonchev–Trinajstić information content (AvgIpc) is 3.12. The van der Waals surface area contributed by atoms with Gasteiger partial charge < -0.3 is 19.5 Å². The van der Waals surface area contributed by atoms with Crippen molar-refractivity contribution in [1.29, 1.82) is 0 Å². The molecule has 1 aromatic heterocycles. The molecule has 0 saturated heterocycles. The van der Waals surface area contributed by atoms with Crippen LogP contribution in [0.4, 0.5) is 0 Å². The van der Waals surface area contributed by atoms with E-state index in [9.17, 15) is 14.7 Å². The van der Waals surface area contributed by atoms with E-state index in [4.69, 9.17) is 33.0 Å². The van der Waals surface area contributed by atoms with Crippen molar-refractivity contribution in [3.05, 3.63) is 76.0 Å². The van der Waals surface area contributed by atoms with Crippen LogP contribution in [-0.4, -0.2) is 26.7 Å². The van der Waals surface area contributed by atoms with Gasteiger partial charge in [-0.05, 0) is 42.3 Å². The summed E-state index contributed by atoms with van der Waals surface area (Å²) in [7, 11) is 0. The molecule has 0 amide bonds. The van der Waals surface area contributed by atoms with Gasteiger partial charge in [0.2, 0.25) is 0 Å². The standard InChI is InChI=1S/C22H19Cl2NO5/c23-18-3-1-4-19(24)17(18)13-30-16-8-6-14(7-9-16)15-11-20(22(28)29)25(12-15)10-2-5-21(26)27/h1,3-4,6-9,11-12H,2,5,10,13H2,(H,26,27)(H,28,29). The number of carboxylic acid groups (broad SMARTS) is 2. The summed E-state index contributed by atoms with van der Waals surface area (Å²) in [5, 5.41) is 19.3. The Morgan fingerprint density at radius 2 is 1.63 bits per heavy atom. The smallest absolute Gasteiger partial charge is 0.352 e. The van der Waals surface area contributed by atoms with Crippen LogP contribution in [0.1, 0.15) is 28.9 Å². The van der Waals surface area contributed by atoms with Crippen LogP contribution in [0.2, 0.25) is 10.0 Å². The summed E-state index contributed by atoms with van der Waals surface area (Å²) in [5.74, 6) is -1.35. The molecule has 0 fully saturated rings. The summed E-state index contributed by atoms with van der Waals surface area (Å²) in [6, 6.07) is 14.0. The molecule has 0 bridgehead atoms. The number of ether oxygens (including phenoxy) is 1. The quantitative estimate of drug-likeness (QED) is 0.445. The van der Waals surface area contributed by atoms with Gasteiger partial charge in [-0.25, -0.2) is 4.79 Å². The Morgan fingerprint density at radius 1 is 0.967 bits per heavy atom. The van der Waals surface area contributed by atoms with Gasteiger partial charge in [-0.2, -0.15) is 0 Å². The Kier molecular flexibility index (Phi) is 7.03. The minimum Gasteiger partial charge on any atom is -0.489 e. The molecule has 0 spiro atoms. The van der Waals surface area contributed by atoms with E-state index in [2.05, 4.69) is 0 Å². The summed E-state index contributed by atoms with van der Waals surface area (Å²) in [6.07, 6.45) is 2.04. The molecule has 0 aliphatic carbocycles. The molecule has 156 valence electrons. The second-order valence-corrected chi connectivity index (χ2v) is 7.44. The SMILES string of the molecule is O=C(O)CCCn1cc(-c2ccc(OCc3c(Cl)cccc3Cl)cc2)cc1C(=O)O. The molecule has 3 rings (SSSR count). The first kappa shape index (κ1) is 21.7. The number of hydrogen-bond acceptors (Lipinski definition) is 3. The monoisotopic (exact) mass is 447 g/mol. The van der Waals surface area contributed by atoms with Crippen LogP contribution in [0, 0.1) is 0 Å². The highest BCUT2D eigenvalue weighted by molar-refractivity contribution is 6.35. The van der Waals surface area contributed by atoms with Crippen LogP contribution in [0.5, 0.6) is 5.75 Å². The highest BCUT2D eigenvalue weighted by atomic mass is 35.5. The summed E-state index contributed by atoms with van der Waals surface area (Å²) in [5.41, 5.74) is 2.36. The number of benzene rings is 2. The number of nitrogens with zero attached hydrogens (tertiary/aromatic N) is 1. The van der Waals surface area contributed by atoms with Gasteiger partial charge in [-0.1, -0.05) is 41.4 Å². The average molecular weight is 448 g/mol. The molecule has 6 nitrogen and oxygen atoms in total. The predicted molar refractivity (Wildman–Crippen MR) is 114 cm³/mol. The number of aliphatic carboxylic acids is 1. The van der Waals surface area contributed by atoms with E-state index in [-0.39, 0.29) is 18.7 Å². The van der Waals surface area contributed by atoms with E-state index in [1.165, 1.54) is 0 Å². The minimum atomic E-state index is -1.06. The lowest BCUT2D eigenvalue weighted by molar-refractivity contribution is -0.137. The van der Waals surface area contributed by atoms with Gasteiger partial charge in [0.05, 0.1) is 0 Å². The van der Waals surface area contributed by atoms with E-state index >= 15 is 0 Å². The molecule has 2 aromatic carbocycles. The van der Waals surface area contributed by atoms with Crippen LogP contribution in [0.3, 0.4) is 0 Å². The number of hydrogen-bond donors (Lipinski definition) is 2. The van der Waals surface area contributed by atoms with Gasteiger partial charge in [-0.15, -0.1) is 0 Å². The van der Waals surface area contributed by atoms with E-state index in [1.807, 2.05) is 12.1 Å². The summed E-state index contributed by atoms with van der Waals surface area (Å²) in [6.45, 7) is 0.536. The maximum Gasteiger partial charge on any atom is 0.352 e. The largest absolute Gasteiger partial charge is 0.489 e. The van der Waals surface area contributed by atoms with Crippen LogP contribution < -0.4 is 4.74 Å². The lowest BCUT2D eigenvalue weighted by atomic mass is 10.1. The van der Waals surface area contributed by atoms with Crippen molar-refractivity contribution < 1.29 is 24.5 Å². The highest BCUT2D eigenvalue weighted by Gasteiger charge is 2.14. The maximum absolute atomic E-state index is 11.5. The van der Waals surface area contributed by atoms with Gasteiger partial charge in [0.25, 0.3) is 0 Å². The molecule has 0 aliphatic heterocycles. The van der Waals surface area contributed by atoms with Gasteiger partial charge in [0, 0.05) is 40.3 Å². The number of halogens is 2. The molecule has 0 atom stereocenters. The normalized spacial score (nSPS) is 10.7. The minimum absolute atomic E-state index is 0.0198. The molecule has 1 heterocycles. The van der Waals surface area contributed by atoms with Gasteiger partial charge in [0.15, 0.2) is 0 Å². The Balaban J connectivity index is 1.72. The summed E-state index contributed by atoms with van der Waals surface area (Å²) < 4.78 is 7.32. The van der Waals surface area contributed by atoms with Crippen molar-refractivity contribution >= 4 is 35.1 Å². The van der Waals surface area contributed by atoms with Crippen molar-refractivity contribution in [3.8, 4) is 16.9 Å². The maximum atomic E-state index is 11.5. The van der Waals surface area contributed by atoms with E-state index < -0.39 is 11.9 Å². The highest BCUT2D eigenvalue weighted by Crippen LogP contribution is 2.28. The van der Waals surface area contributed by atoms with E-state index in [1.54, 1.807) is 47.2 Å². The molecule has 0 saturated carbocycles. The number of rotatable bonds is 9. The third kappa shape index (κ3) is 5.34. The third-order valence-corrected chi connectivity index (χ3v) is 5.25. The Bertz CT molecular complexity index is 1040. The zero-order chi connectivity index (χ0) is 21.7. The number of aryl methyl sites for hydroxylation is 1. The molecule has 0 aliphatic rings. The van der Waals surface area contributed by atoms with Gasteiger partial charge in [0.1, 0.15) is 18.1 Å². The van der Waals surface area contributed by atoms with Gasteiger partial charge >= 0.3 is 11.9 Å². The molecule has 2 N–H and O–H groups in total. The number of aromatic carboxylic acids is 1. The number of aromatic nitrogens is 1. The van der Waals surface area contributed by atoms with Crippen LogP contribution in [0.25, 0.3) is 11.1 Å². The third-order valence-electron chi connectivity index (χ3n) is 4.54. The Labute approximate surface area is 183 Å². The van der Waals surface area contributed by atoms with Crippen LogP contribution in [-0.2, 0) is 17.9 Å². The second kappa shape index (κ2) is 9.69. The molecule has 8 heteroatoms. The topological polar surface area (TPSA) is 88.8 Å². The van der Waals surface area contributed by atoms with Crippen LogP contribution in [0.15, 0.2) is 54.7 Å². The zero-order valence-corrected chi connectivity index (χ0v) is 17.4. The molecule has 3 aromatic rings. The van der Waals surface area contributed by atoms with Crippen molar-refractivity contribution in [1.82, 2.24) is 4.57 Å². The molecular weight excluding hydrogens is 429 g/mol. The lowest BCUT2D eigenvalue weighted by Gasteiger charge is -2.10. The Hall–Kier alpha value is -2.96. The second-order valence-electron chi connectivity index (χ2n) is 6.62. The number of carbonyl (C=O) groups is 2. The lowest BCUT2D eigenvalue weighted by Crippen LogP contribution is -2.08. The molecular formula is C22H19Cl2NO5. The van der Waals surface area contributed by atoms with E-state index in [0.717, 1.165) is 11.1 Å². The fourth-order valence-electron chi connectivity index (χ4n) is 3.00. The summed E-state index contributed by atoms with van der Waals surface area (Å²) in [4.78, 5) is 22.2. The first-order valence-electron chi connectivity index (χ1n) is 9.16. The predicted octanol–water partition coefficient (Wildman–Crippen LogP) is 5.60. The fraction of sp³-hybridized carbons (Fsp3) is 0.182. The molecule has 0 unspecified atom stereocenters. The van der Waals surface area contributed by atoms with Crippen molar-refractivity contribution in [2.75, 3.05) is 0 Å². The fourth-order valence-corrected chi connectivity index (χ4v) is 3.51. The first-order valence-corrected chi connectivity index (χ1v) is 9.92. The molecule has 30 heavy (non-hydrogen) atoms. The van der Waals surface area contributed by atoms with Crippen LogP contribution >= 0.6 is 23.2 Å². The number of carboxylic acids is 2. The van der Waals surface area contributed by atoms with Crippen molar-refractivity contribution in [2.45, 2.75) is 26.0 Å². The Morgan fingerprint density at radius 3 is 2.23 bits per heavy atom. The zero-order valence-electron chi connectivity index (χ0n) is 15.8. The molecule has 0 radical (unpaired) electrons. The first-order chi connectivity index (χ1) is 14.3. The van der Waals surface area contributed by atoms with Gasteiger partial charge in [-0.3, -0.25) is 4.79 Å². The van der Waals surface area contributed by atoms with Crippen molar-refractivity contribution in [3.63, 3.8) is 0 Å². The van der Waals surface area contributed by atoms with Crippen molar-refractivity contribution in [2.24, 2.45) is 0 Å². The van der Waals surface area contributed by atoms with E-state index in [0.29, 0.717) is 34.3 Å².